The Labute approximate surface area is 207 Å². The average molecular weight is 483 g/mol. The minimum absolute atomic E-state index is 0.0195. The van der Waals surface area contributed by atoms with Gasteiger partial charge < -0.3 is 24.8 Å². The van der Waals surface area contributed by atoms with Crippen molar-refractivity contribution in [1.29, 1.82) is 0 Å². The van der Waals surface area contributed by atoms with Crippen molar-refractivity contribution in [2.75, 3.05) is 57.3 Å². The first-order chi connectivity index (χ1) is 17.0. The fourth-order valence-electron chi connectivity index (χ4n) is 4.99. The van der Waals surface area contributed by atoms with Crippen LogP contribution in [0.4, 0.5) is 10.5 Å². The largest absolute Gasteiger partial charge is 0.450 e. The molecular weight excluding hydrogens is 444 g/mol. The molecule has 0 bridgehead atoms. The predicted molar refractivity (Wildman–Crippen MR) is 136 cm³/mol. The number of hydrogen-bond acceptors (Lipinski definition) is 6. The van der Waals surface area contributed by atoms with Crippen LogP contribution in [0.3, 0.4) is 0 Å². The second kappa shape index (κ2) is 11.6. The SMILES string of the molecule is CCOC(=O)N1CCN(C(=O)c2ccc(N3CCC(NCCc4c(C)n[nH]c4C)CC3)cc2)CC1. The number of aryl methyl sites for hydroxylation is 2. The summed E-state index contributed by atoms with van der Waals surface area (Å²) in [5, 5.41) is 11.1. The lowest BCUT2D eigenvalue weighted by Crippen LogP contribution is -2.50. The lowest BCUT2D eigenvalue weighted by molar-refractivity contribution is 0.0570. The maximum Gasteiger partial charge on any atom is 0.409 e. The van der Waals surface area contributed by atoms with Crippen LogP contribution in [0.2, 0.25) is 0 Å². The van der Waals surface area contributed by atoms with E-state index in [0.29, 0.717) is 44.4 Å². The first kappa shape index (κ1) is 25.0. The number of H-pyrrole nitrogens is 1. The molecule has 9 heteroatoms. The molecule has 1 aromatic carbocycles. The minimum atomic E-state index is -0.300. The number of piperazine rings is 1. The van der Waals surface area contributed by atoms with Crippen molar-refractivity contribution in [1.82, 2.24) is 25.3 Å². The van der Waals surface area contributed by atoms with Gasteiger partial charge in [-0.1, -0.05) is 0 Å². The molecule has 1 aromatic heterocycles. The molecule has 0 atom stereocenters. The topological polar surface area (TPSA) is 93.8 Å². The van der Waals surface area contributed by atoms with E-state index in [-0.39, 0.29) is 12.0 Å². The quantitative estimate of drug-likeness (QED) is 0.630. The Hall–Kier alpha value is -3.07. The molecule has 0 aliphatic carbocycles. The fraction of sp³-hybridized carbons (Fsp3) is 0.577. The van der Waals surface area contributed by atoms with Crippen molar-refractivity contribution in [2.45, 2.75) is 46.1 Å². The highest BCUT2D eigenvalue weighted by atomic mass is 16.6. The summed E-state index contributed by atoms with van der Waals surface area (Å²) in [5.41, 5.74) is 5.45. The minimum Gasteiger partial charge on any atom is -0.450 e. The number of ether oxygens (including phenoxy) is 1. The number of aromatic amines is 1. The second-order valence-corrected chi connectivity index (χ2v) is 9.40. The summed E-state index contributed by atoms with van der Waals surface area (Å²) in [5.74, 6) is 0.0195. The molecule has 2 N–H and O–H groups in total. The number of benzene rings is 1. The third-order valence-corrected chi connectivity index (χ3v) is 7.16. The van der Waals surface area contributed by atoms with Crippen molar-refractivity contribution in [3.05, 3.63) is 46.8 Å². The first-order valence-electron chi connectivity index (χ1n) is 12.8. The van der Waals surface area contributed by atoms with Crippen LogP contribution in [0.1, 0.15) is 47.1 Å². The number of nitrogens with zero attached hydrogens (tertiary/aromatic N) is 4. The van der Waals surface area contributed by atoms with E-state index in [4.69, 9.17) is 4.74 Å². The molecule has 2 aliphatic heterocycles. The van der Waals surface area contributed by atoms with Gasteiger partial charge >= 0.3 is 6.09 Å². The molecule has 3 heterocycles. The number of carbonyl (C=O) groups excluding carboxylic acids is 2. The molecule has 0 unspecified atom stereocenters. The van der Waals surface area contributed by atoms with Gasteiger partial charge in [0.25, 0.3) is 5.91 Å². The van der Waals surface area contributed by atoms with Gasteiger partial charge in [0, 0.05) is 62.3 Å². The number of amides is 2. The van der Waals surface area contributed by atoms with Gasteiger partial charge in [-0.15, -0.1) is 0 Å². The molecule has 2 fully saturated rings. The maximum atomic E-state index is 12.9. The average Bonchev–Trinajstić information content (AvgIpc) is 3.21. The van der Waals surface area contributed by atoms with Crippen LogP contribution in [0, 0.1) is 13.8 Å². The fourth-order valence-corrected chi connectivity index (χ4v) is 4.99. The Bertz CT molecular complexity index is 970. The lowest BCUT2D eigenvalue weighted by atomic mass is 10.0. The Morgan fingerprint density at radius 1 is 1.03 bits per heavy atom. The summed E-state index contributed by atoms with van der Waals surface area (Å²) in [6.07, 6.45) is 2.91. The Balaban J connectivity index is 1.21. The molecule has 2 amide bonds. The zero-order valence-corrected chi connectivity index (χ0v) is 21.2. The first-order valence-corrected chi connectivity index (χ1v) is 12.8. The lowest BCUT2D eigenvalue weighted by Gasteiger charge is -2.35. The van der Waals surface area contributed by atoms with E-state index in [9.17, 15) is 9.59 Å². The number of anilines is 1. The standard InChI is InChI=1S/C26H38N6O3/c1-4-35-26(34)32-17-15-31(16-18-32)25(33)21-5-7-23(8-6-21)30-13-10-22(11-14-30)27-12-9-24-19(2)28-29-20(24)3/h5-8,22,27H,4,9-18H2,1-3H3,(H,28,29). The normalized spacial score (nSPS) is 17.1. The van der Waals surface area contributed by atoms with Gasteiger partial charge in [0.2, 0.25) is 0 Å². The van der Waals surface area contributed by atoms with E-state index in [1.807, 2.05) is 17.0 Å². The van der Waals surface area contributed by atoms with Crippen molar-refractivity contribution in [2.24, 2.45) is 0 Å². The second-order valence-electron chi connectivity index (χ2n) is 9.40. The molecule has 2 saturated heterocycles. The highest BCUT2D eigenvalue weighted by molar-refractivity contribution is 5.94. The number of carbonyl (C=O) groups is 2. The highest BCUT2D eigenvalue weighted by Gasteiger charge is 2.26. The van der Waals surface area contributed by atoms with E-state index in [0.717, 1.165) is 50.3 Å². The third kappa shape index (κ3) is 6.14. The molecule has 0 saturated carbocycles. The van der Waals surface area contributed by atoms with Crippen molar-refractivity contribution in [3.8, 4) is 0 Å². The van der Waals surface area contributed by atoms with Crippen LogP contribution in [0.5, 0.6) is 0 Å². The van der Waals surface area contributed by atoms with Crippen LogP contribution in [-0.4, -0.2) is 90.5 Å². The zero-order chi connectivity index (χ0) is 24.8. The molecule has 2 aliphatic rings. The summed E-state index contributed by atoms with van der Waals surface area (Å²) in [6.45, 7) is 11.3. The van der Waals surface area contributed by atoms with Crippen LogP contribution in [-0.2, 0) is 11.2 Å². The highest BCUT2D eigenvalue weighted by Crippen LogP contribution is 2.22. The van der Waals surface area contributed by atoms with E-state index < -0.39 is 0 Å². The van der Waals surface area contributed by atoms with Gasteiger partial charge in [-0.3, -0.25) is 9.89 Å². The smallest absolute Gasteiger partial charge is 0.409 e. The van der Waals surface area contributed by atoms with Gasteiger partial charge in [-0.05, 0) is 76.4 Å². The summed E-state index contributed by atoms with van der Waals surface area (Å²) in [7, 11) is 0. The molecule has 9 nitrogen and oxygen atoms in total. The monoisotopic (exact) mass is 482 g/mol. The van der Waals surface area contributed by atoms with Crippen LogP contribution < -0.4 is 10.2 Å². The molecule has 2 aromatic rings. The molecule has 0 radical (unpaired) electrons. The van der Waals surface area contributed by atoms with E-state index in [1.54, 1.807) is 11.8 Å². The van der Waals surface area contributed by atoms with Gasteiger partial charge in [0.1, 0.15) is 0 Å². The summed E-state index contributed by atoms with van der Waals surface area (Å²) in [4.78, 5) is 30.7. The number of piperidine rings is 1. The van der Waals surface area contributed by atoms with Crippen LogP contribution in [0.15, 0.2) is 24.3 Å². The third-order valence-electron chi connectivity index (χ3n) is 7.16. The molecular formula is C26H38N6O3. The summed E-state index contributed by atoms with van der Waals surface area (Å²) in [6, 6.07) is 8.50. The number of nitrogens with one attached hydrogen (secondary N) is 2. The predicted octanol–water partition coefficient (Wildman–Crippen LogP) is 2.74. The van der Waals surface area contributed by atoms with E-state index >= 15 is 0 Å². The van der Waals surface area contributed by atoms with Crippen molar-refractivity contribution >= 4 is 17.7 Å². The number of aromatic nitrogens is 2. The van der Waals surface area contributed by atoms with Gasteiger partial charge in [0.15, 0.2) is 0 Å². The van der Waals surface area contributed by atoms with Crippen LogP contribution >= 0.6 is 0 Å². The summed E-state index contributed by atoms with van der Waals surface area (Å²) >= 11 is 0. The van der Waals surface area contributed by atoms with Gasteiger partial charge in [-0.2, -0.15) is 5.10 Å². The van der Waals surface area contributed by atoms with Gasteiger partial charge in [-0.25, -0.2) is 4.79 Å². The Kier molecular flexibility index (Phi) is 8.28. The zero-order valence-electron chi connectivity index (χ0n) is 21.2. The van der Waals surface area contributed by atoms with Crippen molar-refractivity contribution < 1.29 is 14.3 Å². The molecule has 35 heavy (non-hydrogen) atoms. The van der Waals surface area contributed by atoms with E-state index in [1.165, 1.54) is 11.3 Å². The Morgan fingerprint density at radius 2 is 1.69 bits per heavy atom. The molecule has 4 rings (SSSR count). The Morgan fingerprint density at radius 3 is 2.29 bits per heavy atom. The van der Waals surface area contributed by atoms with Crippen LogP contribution in [0.25, 0.3) is 0 Å². The summed E-state index contributed by atoms with van der Waals surface area (Å²) < 4.78 is 5.05. The number of rotatable bonds is 7. The number of hydrogen-bond donors (Lipinski definition) is 2. The molecule has 0 spiro atoms. The molecule has 190 valence electrons. The van der Waals surface area contributed by atoms with E-state index in [2.05, 4.69) is 46.4 Å². The van der Waals surface area contributed by atoms with Crippen molar-refractivity contribution in [3.63, 3.8) is 0 Å². The maximum absolute atomic E-state index is 12.9. The van der Waals surface area contributed by atoms with Gasteiger partial charge in [0.05, 0.1) is 12.3 Å².